The van der Waals surface area contributed by atoms with Crippen molar-refractivity contribution in [1.29, 1.82) is 0 Å². The topological polar surface area (TPSA) is 32.3 Å². The summed E-state index contributed by atoms with van der Waals surface area (Å²) in [5.74, 6) is 1.95. The highest BCUT2D eigenvalue weighted by molar-refractivity contribution is 5.68. The SMILES string of the molecule is CCN(Cc1ccccc1)c1cc(N2CCc3ccccc32)ncn1. The van der Waals surface area contributed by atoms with Crippen LogP contribution in [0.1, 0.15) is 18.1 Å². The van der Waals surface area contributed by atoms with Crippen molar-refractivity contribution in [3.63, 3.8) is 0 Å². The summed E-state index contributed by atoms with van der Waals surface area (Å²) >= 11 is 0. The van der Waals surface area contributed by atoms with E-state index in [1.54, 1.807) is 6.33 Å². The molecule has 0 saturated heterocycles. The Bertz CT molecular complexity index is 847. The van der Waals surface area contributed by atoms with Gasteiger partial charge in [-0.25, -0.2) is 9.97 Å². The normalized spacial score (nSPS) is 12.9. The minimum Gasteiger partial charge on any atom is -0.352 e. The number of hydrogen-bond acceptors (Lipinski definition) is 4. The molecule has 0 unspecified atom stereocenters. The van der Waals surface area contributed by atoms with E-state index in [2.05, 4.69) is 81.3 Å². The van der Waals surface area contributed by atoms with Gasteiger partial charge < -0.3 is 9.80 Å². The molecule has 1 aliphatic rings. The van der Waals surface area contributed by atoms with Gasteiger partial charge in [0.05, 0.1) is 0 Å². The molecule has 25 heavy (non-hydrogen) atoms. The molecule has 0 spiro atoms. The predicted octanol–water partition coefficient (Wildman–Crippen LogP) is 4.20. The third-order valence-corrected chi connectivity index (χ3v) is 4.72. The zero-order valence-corrected chi connectivity index (χ0v) is 14.5. The number of aromatic nitrogens is 2. The van der Waals surface area contributed by atoms with Crippen molar-refractivity contribution in [2.45, 2.75) is 19.9 Å². The third-order valence-electron chi connectivity index (χ3n) is 4.72. The second-order valence-electron chi connectivity index (χ2n) is 6.26. The van der Waals surface area contributed by atoms with Crippen LogP contribution in [-0.2, 0) is 13.0 Å². The van der Waals surface area contributed by atoms with Crippen LogP contribution in [0.3, 0.4) is 0 Å². The molecule has 0 saturated carbocycles. The second kappa shape index (κ2) is 6.93. The fourth-order valence-corrected chi connectivity index (χ4v) is 3.39. The lowest BCUT2D eigenvalue weighted by atomic mass is 10.2. The Morgan fingerprint density at radius 2 is 1.80 bits per heavy atom. The maximum atomic E-state index is 4.53. The molecule has 0 N–H and O–H groups in total. The van der Waals surface area contributed by atoms with E-state index in [4.69, 9.17) is 0 Å². The van der Waals surface area contributed by atoms with E-state index in [1.807, 2.05) is 6.07 Å². The molecule has 0 amide bonds. The average Bonchev–Trinajstić information content (AvgIpc) is 3.11. The molecule has 0 atom stereocenters. The van der Waals surface area contributed by atoms with Gasteiger partial charge in [0.25, 0.3) is 0 Å². The van der Waals surface area contributed by atoms with Gasteiger partial charge in [-0.1, -0.05) is 48.5 Å². The first-order valence-corrected chi connectivity index (χ1v) is 8.81. The van der Waals surface area contributed by atoms with Crippen LogP contribution in [0.2, 0.25) is 0 Å². The summed E-state index contributed by atoms with van der Waals surface area (Å²) in [6, 6.07) is 21.2. The summed E-state index contributed by atoms with van der Waals surface area (Å²) in [4.78, 5) is 13.6. The Morgan fingerprint density at radius 1 is 1.00 bits per heavy atom. The second-order valence-corrected chi connectivity index (χ2v) is 6.26. The van der Waals surface area contributed by atoms with Crippen molar-refractivity contribution >= 4 is 17.3 Å². The first-order valence-electron chi connectivity index (χ1n) is 8.81. The number of fused-ring (bicyclic) bond motifs is 1. The Morgan fingerprint density at radius 3 is 2.64 bits per heavy atom. The summed E-state index contributed by atoms with van der Waals surface area (Å²) in [6.45, 7) is 4.89. The van der Waals surface area contributed by atoms with Gasteiger partial charge >= 0.3 is 0 Å². The summed E-state index contributed by atoms with van der Waals surface area (Å²) in [7, 11) is 0. The van der Waals surface area contributed by atoms with E-state index in [0.717, 1.165) is 37.7 Å². The van der Waals surface area contributed by atoms with E-state index in [0.29, 0.717) is 0 Å². The fraction of sp³-hybridized carbons (Fsp3) is 0.238. The molecule has 3 aromatic rings. The fourth-order valence-electron chi connectivity index (χ4n) is 3.39. The van der Waals surface area contributed by atoms with E-state index in [9.17, 15) is 0 Å². The first kappa shape index (κ1) is 15.6. The van der Waals surface area contributed by atoms with Crippen molar-refractivity contribution in [3.05, 3.63) is 78.1 Å². The van der Waals surface area contributed by atoms with E-state index >= 15 is 0 Å². The average molecular weight is 330 g/mol. The van der Waals surface area contributed by atoms with Gasteiger partial charge in [-0.05, 0) is 30.5 Å². The minimum absolute atomic E-state index is 0.852. The van der Waals surface area contributed by atoms with Crippen LogP contribution in [0.4, 0.5) is 17.3 Å². The Kier molecular flexibility index (Phi) is 4.34. The van der Waals surface area contributed by atoms with Crippen molar-refractivity contribution in [3.8, 4) is 0 Å². The van der Waals surface area contributed by atoms with E-state index < -0.39 is 0 Å². The summed E-state index contributed by atoms with van der Waals surface area (Å²) < 4.78 is 0. The largest absolute Gasteiger partial charge is 0.352 e. The van der Waals surface area contributed by atoms with Crippen LogP contribution in [0, 0.1) is 0 Å². The molecule has 0 bridgehead atoms. The Hall–Kier alpha value is -2.88. The van der Waals surface area contributed by atoms with E-state index in [1.165, 1.54) is 16.8 Å². The molecule has 4 nitrogen and oxygen atoms in total. The first-order chi connectivity index (χ1) is 12.3. The molecule has 4 heteroatoms. The van der Waals surface area contributed by atoms with Crippen LogP contribution >= 0.6 is 0 Å². The van der Waals surface area contributed by atoms with Gasteiger partial charge in [0.2, 0.25) is 0 Å². The van der Waals surface area contributed by atoms with Crippen molar-refractivity contribution < 1.29 is 0 Å². The van der Waals surface area contributed by atoms with E-state index in [-0.39, 0.29) is 0 Å². The van der Waals surface area contributed by atoms with Gasteiger partial charge in [-0.15, -0.1) is 0 Å². The van der Waals surface area contributed by atoms with Crippen LogP contribution in [0.25, 0.3) is 0 Å². The van der Waals surface area contributed by atoms with Gasteiger partial charge in [0.15, 0.2) is 0 Å². The zero-order valence-electron chi connectivity index (χ0n) is 14.5. The lowest BCUT2D eigenvalue weighted by Crippen LogP contribution is -2.24. The smallest absolute Gasteiger partial charge is 0.138 e. The number of hydrogen-bond donors (Lipinski definition) is 0. The lowest BCUT2D eigenvalue weighted by Gasteiger charge is -2.24. The molecular weight excluding hydrogens is 308 g/mol. The number of anilines is 3. The molecule has 0 aliphatic carbocycles. The molecule has 2 heterocycles. The molecule has 1 aliphatic heterocycles. The highest BCUT2D eigenvalue weighted by atomic mass is 15.2. The molecule has 1 aromatic heterocycles. The predicted molar refractivity (Wildman–Crippen MR) is 102 cm³/mol. The number of para-hydroxylation sites is 1. The van der Waals surface area contributed by atoms with Crippen molar-refractivity contribution in [2.75, 3.05) is 22.9 Å². The van der Waals surface area contributed by atoms with Gasteiger partial charge in [0, 0.05) is 31.4 Å². The Balaban J connectivity index is 1.61. The lowest BCUT2D eigenvalue weighted by molar-refractivity contribution is 0.808. The summed E-state index contributed by atoms with van der Waals surface area (Å²) in [6.07, 6.45) is 2.75. The van der Waals surface area contributed by atoms with Crippen molar-refractivity contribution in [1.82, 2.24) is 9.97 Å². The van der Waals surface area contributed by atoms with Gasteiger partial charge in [0.1, 0.15) is 18.0 Å². The highest BCUT2D eigenvalue weighted by Gasteiger charge is 2.21. The van der Waals surface area contributed by atoms with Crippen LogP contribution in [-0.4, -0.2) is 23.1 Å². The molecule has 126 valence electrons. The number of rotatable bonds is 5. The highest BCUT2D eigenvalue weighted by Crippen LogP contribution is 2.34. The molecular formula is C21H22N4. The summed E-state index contributed by atoms with van der Waals surface area (Å²) in [5, 5.41) is 0. The van der Waals surface area contributed by atoms with Crippen LogP contribution < -0.4 is 9.80 Å². The molecule has 0 radical (unpaired) electrons. The number of benzene rings is 2. The maximum absolute atomic E-state index is 4.53. The van der Waals surface area contributed by atoms with Crippen LogP contribution in [0.5, 0.6) is 0 Å². The van der Waals surface area contributed by atoms with Gasteiger partial charge in [-0.3, -0.25) is 0 Å². The number of nitrogens with zero attached hydrogens (tertiary/aromatic N) is 4. The molecule has 2 aromatic carbocycles. The standard InChI is InChI=1S/C21H22N4/c1-2-24(15-17-8-4-3-5-9-17)20-14-21(23-16-22-20)25-13-12-18-10-6-7-11-19(18)25/h3-11,14,16H,2,12-13,15H2,1H3. The van der Waals surface area contributed by atoms with Gasteiger partial charge in [-0.2, -0.15) is 0 Å². The third kappa shape index (κ3) is 3.20. The maximum Gasteiger partial charge on any atom is 0.138 e. The van der Waals surface area contributed by atoms with Crippen molar-refractivity contribution in [2.24, 2.45) is 0 Å². The quantitative estimate of drug-likeness (QED) is 0.702. The van der Waals surface area contributed by atoms with Crippen LogP contribution in [0.15, 0.2) is 67.0 Å². The Labute approximate surface area is 148 Å². The zero-order chi connectivity index (χ0) is 17.1. The minimum atomic E-state index is 0.852. The monoisotopic (exact) mass is 330 g/mol. The summed E-state index contributed by atoms with van der Waals surface area (Å²) in [5.41, 5.74) is 3.94. The molecule has 4 rings (SSSR count). The molecule has 0 fully saturated rings.